The van der Waals surface area contributed by atoms with Crippen LogP contribution in [-0.4, -0.2) is 11.0 Å². The zero-order valence-corrected chi connectivity index (χ0v) is 8.66. The van der Waals surface area contributed by atoms with E-state index in [1.807, 2.05) is 12.1 Å². The first-order valence-electron chi connectivity index (χ1n) is 4.07. The number of hydrogen-bond acceptors (Lipinski definition) is 3. The topological polar surface area (TPSA) is 69.2 Å². The van der Waals surface area contributed by atoms with Crippen LogP contribution in [0.4, 0.5) is 5.69 Å². The van der Waals surface area contributed by atoms with Crippen molar-refractivity contribution in [3.05, 3.63) is 39.9 Å². The van der Waals surface area contributed by atoms with E-state index in [4.69, 9.17) is 5.73 Å². The lowest BCUT2D eigenvalue weighted by Gasteiger charge is -2.03. The summed E-state index contributed by atoms with van der Waals surface area (Å²) in [6, 6.07) is 6.60. The molecule has 0 saturated carbocycles. The molecule has 0 fully saturated rings. The Labute approximate surface area is 88.7 Å². The second-order valence-electron chi connectivity index (χ2n) is 3.08. The molecule has 1 rings (SSSR count). The maximum atomic E-state index is 10.4. The van der Waals surface area contributed by atoms with Gasteiger partial charge >= 0.3 is 0 Å². The summed E-state index contributed by atoms with van der Waals surface area (Å²) in [5.41, 5.74) is 7.10. The number of nitro groups is 1. The fraction of sp³-hybridized carbons (Fsp3) is 0.333. The predicted molar refractivity (Wildman–Crippen MR) is 58.3 cm³/mol. The van der Waals surface area contributed by atoms with E-state index >= 15 is 0 Å². The smallest absolute Gasteiger partial charge is 0.214 e. The largest absolute Gasteiger partial charge is 0.399 e. The number of nitrogens with zero attached hydrogens (tertiary/aromatic N) is 1. The van der Waals surface area contributed by atoms with Gasteiger partial charge in [0.15, 0.2) is 0 Å². The second kappa shape index (κ2) is 5.44. The van der Waals surface area contributed by atoms with Crippen LogP contribution in [0.1, 0.15) is 12.5 Å². The summed E-state index contributed by atoms with van der Waals surface area (Å²) in [6.45, 7) is 1.59. The summed E-state index contributed by atoms with van der Waals surface area (Å²) in [4.78, 5) is 10.1. The molecule has 5 heteroatoms. The Balaban J connectivity index is 0.00000169. The monoisotopic (exact) mass is 216 g/mol. The molecule has 0 radical (unpaired) electrons. The zero-order chi connectivity index (χ0) is 9.84. The quantitative estimate of drug-likeness (QED) is 0.477. The van der Waals surface area contributed by atoms with E-state index < -0.39 is 6.04 Å². The van der Waals surface area contributed by atoms with E-state index in [0.29, 0.717) is 12.1 Å². The highest BCUT2D eigenvalue weighted by molar-refractivity contribution is 5.85. The number of rotatable bonds is 3. The van der Waals surface area contributed by atoms with E-state index in [1.165, 1.54) is 0 Å². The summed E-state index contributed by atoms with van der Waals surface area (Å²) in [7, 11) is 0. The zero-order valence-electron chi connectivity index (χ0n) is 7.84. The minimum absolute atomic E-state index is 0. The molecule has 1 aromatic carbocycles. The van der Waals surface area contributed by atoms with Crippen LogP contribution in [0.3, 0.4) is 0 Å². The molecule has 2 N–H and O–H groups in total. The molecule has 0 aliphatic rings. The summed E-state index contributed by atoms with van der Waals surface area (Å²) in [5.74, 6) is 0. The number of benzene rings is 1. The molecule has 78 valence electrons. The Hall–Kier alpha value is -1.29. The molecular formula is C9H13ClN2O2. The number of halogens is 1. The van der Waals surface area contributed by atoms with E-state index in [0.717, 1.165) is 5.56 Å². The van der Waals surface area contributed by atoms with Crippen molar-refractivity contribution in [1.29, 1.82) is 0 Å². The molecule has 0 spiro atoms. The first-order valence-corrected chi connectivity index (χ1v) is 4.07. The van der Waals surface area contributed by atoms with Crippen LogP contribution in [0.5, 0.6) is 0 Å². The molecule has 0 aromatic heterocycles. The minimum atomic E-state index is -0.538. The molecule has 0 amide bonds. The van der Waals surface area contributed by atoms with Gasteiger partial charge in [0.05, 0.1) is 0 Å². The molecule has 0 heterocycles. The van der Waals surface area contributed by atoms with Gasteiger partial charge in [0, 0.05) is 24.0 Å². The third kappa shape index (κ3) is 3.62. The Kier molecular flexibility index (Phi) is 4.94. The second-order valence-corrected chi connectivity index (χ2v) is 3.08. The van der Waals surface area contributed by atoms with Crippen molar-refractivity contribution >= 4 is 18.1 Å². The Morgan fingerprint density at radius 3 is 2.36 bits per heavy atom. The van der Waals surface area contributed by atoms with Gasteiger partial charge < -0.3 is 5.73 Å². The van der Waals surface area contributed by atoms with Gasteiger partial charge in [0.1, 0.15) is 0 Å². The highest BCUT2D eigenvalue weighted by atomic mass is 35.5. The maximum absolute atomic E-state index is 10.4. The van der Waals surface area contributed by atoms with Crippen LogP contribution in [-0.2, 0) is 6.42 Å². The van der Waals surface area contributed by atoms with E-state index in [1.54, 1.807) is 19.1 Å². The molecule has 0 saturated heterocycles. The predicted octanol–water partition coefficient (Wildman–Crippen LogP) is 1.90. The fourth-order valence-electron chi connectivity index (χ4n) is 1.07. The van der Waals surface area contributed by atoms with Crippen LogP contribution < -0.4 is 5.73 Å². The number of nitrogens with two attached hydrogens (primary N) is 1. The Morgan fingerprint density at radius 2 is 1.93 bits per heavy atom. The van der Waals surface area contributed by atoms with Crippen LogP contribution in [0.25, 0.3) is 0 Å². The molecule has 0 aliphatic heterocycles. The van der Waals surface area contributed by atoms with Gasteiger partial charge in [-0.15, -0.1) is 12.4 Å². The molecule has 4 nitrogen and oxygen atoms in total. The van der Waals surface area contributed by atoms with Crippen molar-refractivity contribution in [2.75, 3.05) is 5.73 Å². The Morgan fingerprint density at radius 1 is 1.43 bits per heavy atom. The summed E-state index contributed by atoms with van der Waals surface area (Å²) < 4.78 is 0. The van der Waals surface area contributed by atoms with E-state index in [2.05, 4.69) is 0 Å². The van der Waals surface area contributed by atoms with Crippen molar-refractivity contribution < 1.29 is 4.92 Å². The van der Waals surface area contributed by atoms with Crippen LogP contribution in [0, 0.1) is 10.1 Å². The molecule has 1 atom stereocenters. The van der Waals surface area contributed by atoms with Crippen LogP contribution in [0.2, 0.25) is 0 Å². The van der Waals surface area contributed by atoms with Gasteiger partial charge in [-0.05, 0) is 17.7 Å². The van der Waals surface area contributed by atoms with Crippen LogP contribution >= 0.6 is 12.4 Å². The molecule has 0 bridgehead atoms. The molecule has 1 unspecified atom stereocenters. The lowest BCUT2D eigenvalue weighted by Crippen LogP contribution is -2.17. The SMILES string of the molecule is CC(Cc1ccc(N)cc1)[N+](=O)[O-].Cl. The van der Waals surface area contributed by atoms with Gasteiger partial charge in [-0.2, -0.15) is 0 Å². The number of anilines is 1. The maximum Gasteiger partial charge on any atom is 0.214 e. The minimum Gasteiger partial charge on any atom is -0.399 e. The van der Waals surface area contributed by atoms with Crippen molar-refractivity contribution in [2.24, 2.45) is 0 Å². The average molecular weight is 217 g/mol. The van der Waals surface area contributed by atoms with Gasteiger partial charge in [0.25, 0.3) is 0 Å². The van der Waals surface area contributed by atoms with E-state index in [-0.39, 0.29) is 17.3 Å². The first-order chi connectivity index (χ1) is 6.09. The van der Waals surface area contributed by atoms with Crippen molar-refractivity contribution in [3.63, 3.8) is 0 Å². The molecule has 0 aliphatic carbocycles. The number of hydrogen-bond donors (Lipinski definition) is 1. The van der Waals surface area contributed by atoms with Gasteiger partial charge in [-0.1, -0.05) is 12.1 Å². The lowest BCUT2D eigenvalue weighted by atomic mass is 10.1. The first kappa shape index (κ1) is 12.7. The third-order valence-corrected chi connectivity index (χ3v) is 1.87. The highest BCUT2D eigenvalue weighted by Crippen LogP contribution is 2.08. The van der Waals surface area contributed by atoms with Crippen molar-refractivity contribution in [2.45, 2.75) is 19.4 Å². The third-order valence-electron chi connectivity index (χ3n) is 1.87. The summed E-state index contributed by atoms with van der Waals surface area (Å²) >= 11 is 0. The molecular weight excluding hydrogens is 204 g/mol. The van der Waals surface area contributed by atoms with Gasteiger partial charge in [0.2, 0.25) is 6.04 Å². The Bertz CT molecular complexity index is 300. The standard InChI is InChI=1S/C9H12N2O2.ClH/c1-7(11(12)13)6-8-2-4-9(10)5-3-8;/h2-5,7H,6,10H2,1H3;1H. The van der Waals surface area contributed by atoms with Crippen LogP contribution in [0.15, 0.2) is 24.3 Å². The van der Waals surface area contributed by atoms with Gasteiger partial charge in [-0.25, -0.2) is 0 Å². The normalized spacial score (nSPS) is 11.5. The fourth-order valence-corrected chi connectivity index (χ4v) is 1.07. The molecule has 1 aromatic rings. The molecule has 14 heavy (non-hydrogen) atoms. The lowest BCUT2D eigenvalue weighted by molar-refractivity contribution is -0.517. The average Bonchev–Trinajstić information content (AvgIpc) is 2.08. The number of nitrogen functional groups attached to an aromatic ring is 1. The van der Waals surface area contributed by atoms with Crippen molar-refractivity contribution in [1.82, 2.24) is 0 Å². The summed E-state index contributed by atoms with van der Waals surface area (Å²) in [6.07, 6.45) is 0.452. The van der Waals surface area contributed by atoms with Crippen molar-refractivity contribution in [3.8, 4) is 0 Å². The highest BCUT2D eigenvalue weighted by Gasteiger charge is 2.12. The summed E-state index contributed by atoms with van der Waals surface area (Å²) in [5, 5.41) is 10.4. The van der Waals surface area contributed by atoms with E-state index in [9.17, 15) is 10.1 Å². The van der Waals surface area contributed by atoms with Gasteiger partial charge in [-0.3, -0.25) is 10.1 Å².